The summed E-state index contributed by atoms with van der Waals surface area (Å²) in [5.41, 5.74) is 3.85. The standard InChI is InChI=1S/C18H19NO2/c1-5-15-9-12-18(19(6-2)14(15)3)16-7-10-17(11-8-16)21-13-20-4/h1,7-12H,3,6,13H2,2,4H3. The maximum Gasteiger partial charge on any atom is 0.188 e. The van der Waals surface area contributed by atoms with Gasteiger partial charge in [-0.05, 0) is 48.9 Å². The minimum atomic E-state index is 0.244. The molecule has 2 rings (SSSR count). The van der Waals surface area contributed by atoms with Gasteiger partial charge in [0.25, 0.3) is 0 Å². The van der Waals surface area contributed by atoms with Crippen molar-refractivity contribution in [3.63, 3.8) is 0 Å². The van der Waals surface area contributed by atoms with Gasteiger partial charge in [0, 0.05) is 30.6 Å². The molecule has 1 aliphatic heterocycles. The van der Waals surface area contributed by atoms with E-state index < -0.39 is 0 Å². The Labute approximate surface area is 126 Å². The largest absolute Gasteiger partial charge is 0.468 e. The lowest BCUT2D eigenvalue weighted by molar-refractivity contribution is 0.0511. The summed E-state index contributed by atoms with van der Waals surface area (Å²) >= 11 is 0. The molecule has 0 atom stereocenters. The Kier molecular flexibility index (Phi) is 4.86. The zero-order valence-corrected chi connectivity index (χ0v) is 12.4. The Morgan fingerprint density at radius 1 is 1.24 bits per heavy atom. The number of allylic oxidation sites excluding steroid dienone is 3. The first-order chi connectivity index (χ1) is 10.2. The lowest BCUT2D eigenvalue weighted by Gasteiger charge is -2.30. The van der Waals surface area contributed by atoms with Gasteiger partial charge in [0.1, 0.15) is 5.75 Å². The number of hydrogen-bond donors (Lipinski definition) is 0. The first-order valence-electron chi connectivity index (χ1n) is 6.78. The minimum absolute atomic E-state index is 0.244. The van der Waals surface area contributed by atoms with Crippen LogP contribution in [-0.2, 0) is 4.74 Å². The molecule has 0 saturated heterocycles. The number of nitrogens with zero attached hydrogens (tertiary/aromatic N) is 1. The molecule has 108 valence electrons. The molecule has 3 nitrogen and oxygen atoms in total. The number of ether oxygens (including phenoxy) is 2. The molecule has 0 aromatic heterocycles. The molecule has 0 aliphatic carbocycles. The zero-order chi connectivity index (χ0) is 15.2. The number of hydrogen-bond acceptors (Lipinski definition) is 3. The van der Waals surface area contributed by atoms with Crippen molar-refractivity contribution in [2.24, 2.45) is 0 Å². The maximum absolute atomic E-state index is 5.50. The Balaban J connectivity index is 2.28. The van der Waals surface area contributed by atoms with E-state index in [0.717, 1.165) is 34.8 Å². The van der Waals surface area contributed by atoms with E-state index in [-0.39, 0.29) is 6.79 Å². The Morgan fingerprint density at radius 2 is 1.95 bits per heavy atom. The SMILES string of the molecule is C#CC1=CC=C(c2ccc(OCOC)cc2)N(CC)C1=C. The maximum atomic E-state index is 5.50. The van der Waals surface area contributed by atoms with Gasteiger partial charge in [0.2, 0.25) is 0 Å². The lowest BCUT2D eigenvalue weighted by Crippen LogP contribution is -2.23. The van der Waals surface area contributed by atoms with Gasteiger partial charge in [0.15, 0.2) is 6.79 Å². The number of rotatable bonds is 5. The summed E-state index contributed by atoms with van der Waals surface area (Å²) < 4.78 is 10.3. The second-order valence-corrected chi connectivity index (χ2v) is 4.54. The number of terminal acetylenes is 1. The molecule has 1 aliphatic rings. The van der Waals surface area contributed by atoms with Crippen molar-refractivity contribution in [1.82, 2.24) is 4.90 Å². The lowest BCUT2D eigenvalue weighted by atomic mass is 10.0. The average Bonchev–Trinajstić information content (AvgIpc) is 2.53. The average molecular weight is 281 g/mol. The van der Waals surface area contributed by atoms with E-state index in [2.05, 4.69) is 24.3 Å². The van der Waals surface area contributed by atoms with Crippen molar-refractivity contribution >= 4 is 5.70 Å². The van der Waals surface area contributed by atoms with E-state index in [4.69, 9.17) is 15.9 Å². The summed E-state index contributed by atoms with van der Waals surface area (Å²) in [5.74, 6) is 3.44. The van der Waals surface area contributed by atoms with E-state index in [9.17, 15) is 0 Å². The number of methoxy groups -OCH3 is 1. The van der Waals surface area contributed by atoms with E-state index in [1.807, 2.05) is 36.4 Å². The third kappa shape index (κ3) is 3.18. The van der Waals surface area contributed by atoms with Crippen LogP contribution in [0.1, 0.15) is 12.5 Å². The first-order valence-corrected chi connectivity index (χ1v) is 6.78. The fourth-order valence-corrected chi connectivity index (χ4v) is 2.23. The van der Waals surface area contributed by atoms with Crippen LogP contribution >= 0.6 is 0 Å². The highest BCUT2D eigenvalue weighted by Gasteiger charge is 2.18. The van der Waals surface area contributed by atoms with E-state index >= 15 is 0 Å². The first kappa shape index (κ1) is 15.0. The van der Waals surface area contributed by atoms with Crippen LogP contribution < -0.4 is 4.74 Å². The second kappa shape index (κ2) is 6.83. The topological polar surface area (TPSA) is 21.7 Å². The van der Waals surface area contributed by atoms with Crippen molar-refractivity contribution < 1.29 is 9.47 Å². The van der Waals surface area contributed by atoms with Gasteiger partial charge in [-0.2, -0.15) is 0 Å². The highest BCUT2D eigenvalue weighted by molar-refractivity contribution is 5.72. The minimum Gasteiger partial charge on any atom is -0.468 e. The summed E-state index contributed by atoms with van der Waals surface area (Å²) in [6.07, 6.45) is 9.45. The summed E-state index contributed by atoms with van der Waals surface area (Å²) in [7, 11) is 1.60. The van der Waals surface area contributed by atoms with Crippen LogP contribution in [0.4, 0.5) is 0 Å². The number of likely N-dealkylation sites (N-methyl/N-ethyl adjacent to an activating group) is 1. The molecular formula is C18H19NO2. The molecule has 0 radical (unpaired) electrons. The molecule has 0 amide bonds. The van der Waals surface area contributed by atoms with Gasteiger partial charge in [-0.3, -0.25) is 0 Å². The molecule has 21 heavy (non-hydrogen) atoms. The summed E-state index contributed by atoms with van der Waals surface area (Å²) in [6.45, 7) is 7.22. The highest BCUT2D eigenvalue weighted by Crippen LogP contribution is 2.30. The van der Waals surface area contributed by atoms with Gasteiger partial charge in [0.05, 0.1) is 0 Å². The van der Waals surface area contributed by atoms with Crippen molar-refractivity contribution in [1.29, 1.82) is 0 Å². The van der Waals surface area contributed by atoms with E-state index in [0.29, 0.717) is 0 Å². The zero-order valence-electron chi connectivity index (χ0n) is 12.4. The molecule has 0 unspecified atom stereocenters. The quantitative estimate of drug-likeness (QED) is 0.610. The monoisotopic (exact) mass is 281 g/mol. The summed E-state index contributed by atoms with van der Waals surface area (Å²) in [5, 5.41) is 0. The van der Waals surface area contributed by atoms with Gasteiger partial charge in [-0.1, -0.05) is 12.5 Å². The van der Waals surface area contributed by atoms with Crippen molar-refractivity contribution in [2.45, 2.75) is 6.92 Å². The van der Waals surface area contributed by atoms with Crippen LogP contribution in [0.3, 0.4) is 0 Å². The fraction of sp³-hybridized carbons (Fsp3) is 0.222. The normalized spacial score (nSPS) is 14.3. The third-order valence-electron chi connectivity index (χ3n) is 3.30. The van der Waals surface area contributed by atoms with Crippen LogP contribution in [-0.4, -0.2) is 25.3 Å². The molecule has 3 heteroatoms. The van der Waals surface area contributed by atoms with Crippen LogP contribution in [0.15, 0.2) is 54.3 Å². The van der Waals surface area contributed by atoms with Gasteiger partial charge in [-0.15, -0.1) is 6.42 Å². The fourth-order valence-electron chi connectivity index (χ4n) is 2.23. The van der Waals surface area contributed by atoms with E-state index in [1.54, 1.807) is 7.11 Å². The Hall–Kier alpha value is -2.44. The number of benzene rings is 1. The van der Waals surface area contributed by atoms with Crippen molar-refractivity contribution in [2.75, 3.05) is 20.4 Å². The van der Waals surface area contributed by atoms with Crippen LogP contribution in [0.25, 0.3) is 5.70 Å². The van der Waals surface area contributed by atoms with Crippen LogP contribution in [0, 0.1) is 12.3 Å². The molecule has 0 N–H and O–H groups in total. The van der Waals surface area contributed by atoms with Crippen LogP contribution in [0.2, 0.25) is 0 Å². The smallest absolute Gasteiger partial charge is 0.188 e. The van der Waals surface area contributed by atoms with Gasteiger partial charge in [-0.25, -0.2) is 0 Å². The van der Waals surface area contributed by atoms with E-state index in [1.165, 1.54) is 0 Å². The van der Waals surface area contributed by atoms with Gasteiger partial charge < -0.3 is 14.4 Å². The molecule has 0 fully saturated rings. The van der Waals surface area contributed by atoms with Crippen molar-refractivity contribution in [3.05, 3.63) is 59.8 Å². The van der Waals surface area contributed by atoms with Crippen LogP contribution in [0.5, 0.6) is 5.75 Å². The third-order valence-corrected chi connectivity index (χ3v) is 3.30. The predicted molar refractivity (Wildman–Crippen MR) is 85.4 cm³/mol. The van der Waals surface area contributed by atoms with Crippen molar-refractivity contribution in [3.8, 4) is 18.1 Å². The summed E-state index contributed by atoms with van der Waals surface area (Å²) in [4.78, 5) is 2.11. The summed E-state index contributed by atoms with van der Waals surface area (Å²) in [6, 6.07) is 7.88. The Morgan fingerprint density at radius 3 is 2.52 bits per heavy atom. The predicted octanol–water partition coefficient (Wildman–Crippen LogP) is 3.42. The molecular weight excluding hydrogens is 262 g/mol. The highest BCUT2D eigenvalue weighted by atomic mass is 16.7. The molecule has 1 aromatic rings. The molecule has 0 bridgehead atoms. The Bertz CT molecular complexity index is 618. The molecule has 0 saturated carbocycles. The molecule has 0 spiro atoms. The second-order valence-electron chi connectivity index (χ2n) is 4.54. The molecule has 1 heterocycles. The molecule has 1 aromatic carbocycles. The van der Waals surface area contributed by atoms with Gasteiger partial charge >= 0.3 is 0 Å².